The van der Waals surface area contributed by atoms with Gasteiger partial charge in [0.2, 0.25) is 0 Å². The number of hydrogen-bond acceptors (Lipinski definition) is 8. The highest BCUT2D eigenvalue weighted by Gasteiger charge is 2.62. The number of fused-ring (bicyclic) bond motifs is 1. The molecule has 2 aliphatic heterocycles. The molecule has 2 fully saturated rings. The summed E-state index contributed by atoms with van der Waals surface area (Å²) in [4.78, 5) is 36.4. The van der Waals surface area contributed by atoms with Crippen LogP contribution >= 0.6 is 0 Å². The number of carbonyl (C=O) groups excluding carboxylic acids is 3. The minimum Gasteiger partial charge on any atom is -0.459 e. The molecule has 2 saturated heterocycles. The van der Waals surface area contributed by atoms with Gasteiger partial charge in [0.15, 0.2) is 0 Å². The molecule has 0 aromatic heterocycles. The SMILES string of the molecule is CCCC[C@H](O)CCC(=O)O[C@@H]1[C@@H](C)[C@@H]2OC(=O)[C@H](C)[C@H](OC(C)=O)[C@@]2(C)O[C@H]1C. The first-order chi connectivity index (χ1) is 14.0. The van der Waals surface area contributed by atoms with Crippen molar-refractivity contribution in [2.75, 3.05) is 0 Å². The van der Waals surface area contributed by atoms with Crippen molar-refractivity contribution in [2.45, 2.75) is 110 Å². The molecule has 8 nitrogen and oxygen atoms in total. The van der Waals surface area contributed by atoms with Gasteiger partial charge in [0.05, 0.1) is 18.1 Å². The van der Waals surface area contributed by atoms with Gasteiger partial charge in [0.1, 0.15) is 23.9 Å². The Kier molecular flexibility index (Phi) is 8.27. The Balaban J connectivity index is 2.08. The van der Waals surface area contributed by atoms with Crippen LogP contribution in [0.25, 0.3) is 0 Å². The maximum absolute atomic E-state index is 12.4. The highest BCUT2D eigenvalue weighted by Crippen LogP contribution is 2.45. The predicted molar refractivity (Wildman–Crippen MR) is 107 cm³/mol. The van der Waals surface area contributed by atoms with Crippen LogP contribution in [0.5, 0.6) is 0 Å². The lowest BCUT2D eigenvalue weighted by Gasteiger charge is -2.55. The van der Waals surface area contributed by atoms with E-state index in [-0.39, 0.29) is 12.3 Å². The number of unbranched alkanes of at least 4 members (excludes halogenated alkanes) is 1. The van der Waals surface area contributed by atoms with E-state index in [4.69, 9.17) is 18.9 Å². The van der Waals surface area contributed by atoms with Gasteiger partial charge >= 0.3 is 17.9 Å². The van der Waals surface area contributed by atoms with Crippen molar-refractivity contribution in [2.24, 2.45) is 11.8 Å². The monoisotopic (exact) mass is 428 g/mol. The molecule has 8 atom stereocenters. The summed E-state index contributed by atoms with van der Waals surface area (Å²) in [6.07, 6.45) is -0.146. The van der Waals surface area contributed by atoms with Crippen LogP contribution in [0.15, 0.2) is 0 Å². The highest BCUT2D eigenvalue weighted by molar-refractivity contribution is 5.76. The van der Waals surface area contributed by atoms with Crippen LogP contribution in [0.3, 0.4) is 0 Å². The fourth-order valence-electron chi connectivity index (χ4n) is 4.64. The second kappa shape index (κ2) is 10.1. The van der Waals surface area contributed by atoms with Crippen molar-refractivity contribution < 1.29 is 38.4 Å². The summed E-state index contributed by atoms with van der Waals surface area (Å²) in [5.41, 5.74) is -1.04. The first kappa shape index (κ1) is 24.6. The second-order valence-electron chi connectivity index (χ2n) is 8.83. The third kappa shape index (κ3) is 5.32. The van der Waals surface area contributed by atoms with Crippen LogP contribution in [-0.2, 0) is 33.3 Å². The van der Waals surface area contributed by atoms with E-state index in [0.29, 0.717) is 12.8 Å². The van der Waals surface area contributed by atoms with Crippen molar-refractivity contribution >= 4 is 17.9 Å². The molecule has 2 heterocycles. The van der Waals surface area contributed by atoms with E-state index in [1.54, 1.807) is 20.8 Å². The molecule has 0 aromatic carbocycles. The van der Waals surface area contributed by atoms with Crippen LogP contribution in [0, 0.1) is 11.8 Å². The highest BCUT2D eigenvalue weighted by atomic mass is 16.6. The van der Waals surface area contributed by atoms with Crippen molar-refractivity contribution in [3.63, 3.8) is 0 Å². The molecular formula is C22H36O8. The number of ether oxygens (including phenoxy) is 4. The van der Waals surface area contributed by atoms with Crippen LogP contribution in [-0.4, -0.2) is 59.1 Å². The van der Waals surface area contributed by atoms with E-state index >= 15 is 0 Å². The molecule has 2 rings (SSSR count). The molecular weight excluding hydrogens is 392 g/mol. The maximum Gasteiger partial charge on any atom is 0.312 e. The van der Waals surface area contributed by atoms with Gasteiger partial charge in [0, 0.05) is 19.3 Å². The van der Waals surface area contributed by atoms with Crippen molar-refractivity contribution in [1.82, 2.24) is 0 Å². The largest absolute Gasteiger partial charge is 0.459 e. The van der Waals surface area contributed by atoms with E-state index in [1.807, 2.05) is 13.8 Å². The number of aliphatic hydroxyl groups excluding tert-OH is 1. The van der Waals surface area contributed by atoms with Crippen molar-refractivity contribution in [1.29, 1.82) is 0 Å². The van der Waals surface area contributed by atoms with Gasteiger partial charge in [-0.15, -0.1) is 0 Å². The Morgan fingerprint density at radius 2 is 1.87 bits per heavy atom. The average molecular weight is 429 g/mol. The summed E-state index contributed by atoms with van der Waals surface area (Å²) < 4.78 is 23.0. The summed E-state index contributed by atoms with van der Waals surface area (Å²) in [5, 5.41) is 9.95. The summed E-state index contributed by atoms with van der Waals surface area (Å²) in [5.74, 6) is -2.42. The second-order valence-corrected chi connectivity index (χ2v) is 8.83. The van der Waals surface area contributed by atoms with E-state index in [9.17, 15) is 19.5 Å². The molecule has 0 unspecified atom stereocenters. The Morgan fingerprint density at radius 3 is 2.47 bits per heavy atom. The summed E-state index contributed by atoms with van der Waals surface area (Å²) in [6.45, 7) is 10.4. The summed E-state index contributed by atoms with van der Waals surface area (Å²) in [6, 6.07) is 0. The van der Waals surface area contributed by atoms with Gasteiger partial charge in [-0.25, -0.2) is 0 Å². The van der Waals surface area contributed by atoms with Gasteiger partial charge in [-0.05, 0) is 33.6 Å². The van der Waals surface area contributed by atoms with E-state index in [0.717, 1.165) is 12.8 Å². The molecule has 0 amide bonds. The average Bonchev–Trinajstić information content (AvgIpc) is 2.67. The topological polar surface area (TPSA) is 108 Å². The van der Waals surface area contributed by atoms with Crippen LogP contribution in [0.4, 0.5) is 0 Å². The maximum atomic E-state index is 12.4. The van der Waals surface area contributed by atoms with Gasteiger partial charge in [0.25, 0.3) is 0 Å². The summed E-state index contributed by atoms with van der Waals surface area (Å²) >= 11 is 0. The number of aliphatic hydroxyl groups is 1. The van der Waals surface area contributed by atoms with Crippen molar-refractivity contribution in [3.8, 4) is 0 Å². The smallest absolute Gasteiger partial charge is 0.312 e. The fourth-order valence-corrected chi connectivity index (χ4v) is 4.64. The quantitative estimate of drug-likeness (QED) is 0.464. The number of esters is 3. The van der Waals surface area contributed by atoms with Crippen LogP contribution < -0.4 is 0 Å². The third-order valence-corrected chi connectivity index (χ3v) is 6.23. The molecule has 0 bridgehead atoms. The van der Waals surface area contributed by atoms with Crippen LogP contribution in [0.2, 0.25) is 0 Å². The molecule has 0 aliphatic carbocycles. The Morgan fingerprint density at radius 1 is 1.20 bits per heavy atom. The van der Waals surface area contributed by atoms with Gasteiger partial charge in [-0.2, -0.15) is 0 Å². The minimum atomic E-state index is -1.04. The normalized spacial score (nSPS) is 37.0. The zero-order valence-electron chi connectivity index (χ0n) is 18.9. The number of hydrogen-bond donors (Lipinski definition) is 1. The Bertz CT molecular complexity index is 635. The molecule has 172 valence electrons. The first-order valence-electron chi connectivity index (χ1n) is 10.9. The zero-order chi connectivity index (χ0) is 22.6. The lowest BCUT2D eigenvalue weighted by molar-refractivity contribution is -0.300. The zero-order valence-corrected chi connectivity index (χ0v) is 18.9. The number of rotatable bonds is 8. The molecule has 30 heavy (non-hydrogen) atoms. The predicted octanol–water partition coefficient (Wildman–Crippen LogP) is 2.54. The van der Waals surface area contributed by atoms with E-state index in [2.05, 4.69) is 0 Å². The molecule has 0 saturated carbocycles. The van der Waals surface area contributed by atoms with Crippen LogP contribution in [0.1, 0.15) is 73.6 Å². The lowest BCUT2D eigenvalue weighted by Crippen LogP contribution is -2.70. The fraction of sp³-hybridized carbons (Fsp3) is 0.864. The van der Waals surface area contributed by atoms with Gasteiger partial charge in [-0.3, -0.25) is 14.4 Å². The minimum absolute atomic E-state index is 0.107. The molecule has 2 aliphatic rings. The van der Waals surface area contributed by atoms with Gasteiger partial charge < -0.3 is 24.1 Å². The van der Waals surface area contributed by atoms with Crippen molar-refractivity contribution in [3.05, 3.63) is 0 Å². The Hall–Kier alpha value is -1.67. The molecule has 0 radical (unpaired) electrons. The molecule has 8 heteroatoms. The summed E-state index contributed by atoms with van der Waals surface area (Å²) in [7, 11) is 0. The third-order valence-electron chi connectivity index (χ3n) is 6.23. The molecule has 1 N–H and O–H groups in total. The Labute approximate surface area is 178 Å². The standard InChI is InChI=1S/C22H36O8/c1-7-8-9-16(24)10-11-17(25)28-18-12(2)19-22(6,30-14(18)4)20(27-15(5)23)13(3)21(26)29-19/h12-14,16,18-20,24H,7-11H2,1-6H3/t12-,13-,14+,16+,18-,19+,20+,22+/m1/s1. The van der Waals surface area contributed by atoms with Gasteiger partial charge in [-0.1, -0.05) is 26.7 Å². The molecule has 0 spiro atoms. The molecule has 0 aromatic rings. The number of carbonyl (C=O) groups is 3. The van der Waals surface area contributed by atoms with E-state index in [1.165, 1.54) is 6.92 Å². The lowest BCUT2D eigenvalue weighted by atomic mass is 9.73. The first-order valence-corrected chi connectivity index (χ1v) is 10.9. The van der Waals surface area contributed by atoms with E-state index < -0.39 is 59.9 Å².